The van der Waals surface area contributed by atoms with E-state index in [0.717, 1.165) is 61.3 Å². The first-order chi connectivity index (χ1) is 13.2. The lowest BCUT2D eigenvalue weighted by Crippen LogP contribution is -2.39. The van der Waals surface area contributed by atoms with Gasteiger partial charge in [-0.25, -0.2) is 8.78 Å². The zero-order valence-corrected chi connectivity index (χ0v) is 14.8. The third-order valence-electron chi connectivity index (χ3n) is 5.66. The molecule has 140 valence electrons. The lowest BCUT2D eigenvalue weighted by Gasteiger charge is -2.32. The predicted molar refractivity (Wildman–Crippen MR) is 96.9 cm³/mol. The van der Waals surface area contributed by atoms with Crippen LogP contribution >= 0.6 is 0 Å². The van der Waals surface area contributed by atoms with Crippen LogP contribution in [-0.4, -0.2) is 35.8 Å². The summed E-state index contributed by atoms with van der Waals surface area (Å²) in [5, 5.41) is 5.11. The van der Waals surface area contributed by atoms with Crippen LogP contribution in [0.4, 0.5) is 8.78 Å². The van der Waals surface area contributed by atoms with E-state index >= 15 is 0 Å². The Morgan fingerprint density at radius 2 is 1.81 bits per heavy atom. The number of hydrogen-bond donors (Lipinski definition) is 0. The number of nitrogens with zero attached hydrogens (tertiary/aromatic N) is 2. The lowest BCUT2D eigenvalue weighted by molar-refractivity contribution is 0.127. The summed E-state index contributed by atoms with van der Waals surface area (Å²) in [7, 11) is 0. The minimum Gasteiger partial charge on any atom is -0.488 e. The first-order valence-corrected chi connectivity index (χ1v) is 9.38. The number of fused-ring (bicyclic) bond motifs is 2. The molecule has 1 atom stereocenters. The summed E-state index contributed by atoms with van der Waals surface area (Å²) in [6, 6.07) is 9.33. The van der Waals surface area contributed by atoms with Gasteiger partial charge in [0.15, 0.2) is 5.58 Å². The van der Waals surface area contributed by atoms with Crippen LogP contribution in [0.25, 0.3) is 11.0 Å². The van der Waals surface area contributed by atoms with Gasteiger partial charge in [0, 0.05) is 35.9 Å². The van der Waals surface area contributed by atoms with E-state index in [2.05, 4.69) is 10.1 Å². The van der Waals surface area contributed by atoms with Crippen LogP contribution < -0.4 is 4.74 Å². The summed E-state index contributed by atoms with van der Waals surface area (Å²) in [6.07, 6.45) is 2.79. The number of benzene rings is 2. The van der Waals surface area contributed by atoms with Crippen molar-refractivity contribution in [3.05, 3.63) is 59.3 Å². The van der Waals surface area contributed by atoms with E-state index in [9.17, 15) is 8.78 Å². The molecule has 2 aromatic carbocycles. The Labute approximate surface area is 155 Å². The molecule has 4 nitrogen and oxygen atoms in total. The molecule has 1 unspecified atom stereocenters. The molecule has 1 saturated heterocycles. The smallest absolute Gasteiger partial charge is 0.170 e. The fraction of sp³-hybridized carbons (Fsp3) is 0.381. The van der Waals surface area contributed by atoms with E-state index in [-0.39, 0.29) is 17.7 Å². The summed E-state index contributed by atoms with van der Waals surface area (Å²) in [6.45, 7) is 2.74. The lowest BCUT2D eigenvalue weighted by atomic mass is 9.91. The van der Waals surface area contributed by atoms with Crippen LogP contribution in [0.15, 0.2) is 40.9 Å². The Morgan fingerprint density at radius 1 is 1.04 bits per heavy atom. The van der Waals surface area contributed by atoms with Gasteiger partial charge in [-0.2, -0.15) is 0 Å². The zero-order chi connectivity index (χ0) is 18.4. The quantitative estimate of drug-likeness (QED) is 0.689. The maximum absolute atomic E-state index is 13.4. The molecule has 3 aromatic rings. The Morgan fingerprint density at radius 3 is 2.67 bits per heavy atom. The van der Waals surface area contributed by atoms with Gasteiger partial charge in [0.1, 0.15) is 23.5 Å². The van der Waals surface area contributed by atoms with Gasteiger partial charge in [-0.1, -0.05) is 5.16 Å². The fourth-order valence-corrected chi connectivity index (χ4v) is 4.29. The van der Waals surface area contributed by atoms with Crippen molar-refractivity contribution in [3.63, 3.8) is 0 Å². The standard InChI is InChI=1S/C21H20F2N2O2/c22-15-2-4-19-14(9-15)10-17(26-19)12-25-7-5-13(6-8-25)21-18-3-1-16(23)11-20(18)27-24-21/h1-4,9,11,13,17H,5-8,10,12H2. The van der Waals surface area contributed by atoms with Gasteiger partial charge in [0.05, 0.1) is 5.69 Å². The number of piperidine rings is 1. The predicted octanol–water partition coefficient (Wildman–Crippen LogP) is 4.29. The van der Waals surface area contributed by atoms with Crippen molar-refractivity contribution >= 4 is 11.0 Å². The molecule has 1 fully saturated rings. The Balaban J connectivity index is 1.21. The molecule has 0 radical (unpaired) electrons. The van der Waals surface area contributed by atoms with Crippen LogP contribution in [0.5, 0.6) is 5.75 Å². The van der Waals surface area contributed by atoms with E-state index in [4.69, 9.17) is 9.26 Å². The van der Waals surface area contributed by atoms with E-state index in [1.807, 2.05) is 0 Å². The molecule has 27 heavy (non-hydrogen) atoms. The van der Waals surface area contributed by atoms with Crippen LogP contribution in [0, 0.1) is 11.6 Å². The van der Waals surface area contributed by atoms with Gasteiger partial charge in [0.25, 0.3) is 0 Å². The van der Waals surface area contributed by atoms with Crippen molar-refractivity contribution in [1.82, 2.24) is 10.1 Å². The van der Waals surface area contributed by atoms with Crippen molar-refractivity contribution in [2.24, 2.45) is 0 Å². The molecule has 0 bridgehead atoms. The number of rotatable bonds is 3. The van der Waals surface area contributed by atoms with Crippen LogP contribution in [0.1, 0.15) is 30.0 Å². The minimum atomic E-state index is -0.308. The van der Waals surface area contributed by atoms with E-state index in [1.54, 1.807) is 18.2 Å². The van der Waals surface area contributed by atoms with E-state index in [1.165, 1.54) is 18.2 Å². The highest BCUT2D eigenvalue weighted by Crippen LogP contribution is 2.34. The highest BCUT2D eigenvalue weighted by atomic mass is 19.1. The van der Waals surface area contributed by atoms with Gasteiger partial charge < -0.3 is 9.26 Å². The minimum absolute atomic E-state index is 0.0780. The third kappa shape index (κ3) is 3.18. The maximum atomic E-state index is 13.4. The molecule has 0 N–H and O–H groups in total. The molecule has 0 aliphatic carbocycles. The SMILES string of the molecule is Fc1ccc2c(c1)CC(CN1CCC(c3noc4cc(F)ccc34)CC1)O2. The number of hydrogen-bond acceptors (Lipinski definition) is 4. The summed E-state index contributed by atoms with van der Waals surface area (Å²) in [5.74, 6) is 0.609. The number of halogens is 2. The molecule has 3 heterocycles. The van der Waals surface area contributed by atoms with Crippen molar-refractivity contribution in [2.45, 2.75) is 31.3 Å². The molecule has 2 aliphatic heterocycles. The second-order valence-electron chi connectivity index (χ2n) is 7.48. The molecule has 5 rings (SSSR count). The molecule has 6 heteroatoms. The average molecular weight is 370 g/mol. The molecule has 0 amide bonds. The van der Waals surface area contributed by atoms with Crippen molar-refractivity contribution < 1.29 is 18.0 Å². The number of ether oxygens (including phenoxy) is 1. The van der Waals surface area contributed by atoms with Gasteiger partial charge >= 0.3 is 0 Å². The number of aromatic nitrogens is 1. The van der Waals surface area contributed by atoms with Crippen molar-refractivity contribution in [3.8, 4) is 5.75 Å². The normalized spacial score (nSPS) is 20.7. The van der Waals surface area contributed by atoms with Crippen LogP contribution in [0.2, 0.25) is 0 Å². The number of likely N-dealkylation sites (tertiary alicyclic amines) is 1. The molecule has 1 aromatic heterocycles. The fourth-order valence-electron chi connectivity index (χ4n) is 4.29. The molecule has 0 spiro atoms. The van der Waals surface area contributed by atoms with Gasteiger partial charge in [-0.3, -0.25) is 4.90 Å². The summed E-state index contributed by atoms with van der Waals surface area (Å²) in [5.41, 5.74) is 2.40. The second-order valence-corrected chi connectivity index (χ2v) is 7.48. The molecule has 2 aliphatic rings. The summed E-state index contributed by atoms with van der Waals surface area (Å²) in [4.78, 5) is 2.39. The molecule has 0 saturated carbocycles. The zero-order valence-electron chi connectivity index (χ0n) is 14.8. The third-order valence-corrected chi connectivity index (χ3v) is 5.66. The van der Waals surface area contributed by atoms with Gasteiger partial charge in [0.2, 0.25) is 0 Å². The highest BCUT2D eigenvalue weighted by Gasteiger charge is 2.29. The molecular weight excluding hydrogens is 350 g/mol. The highest BCUT2D eigenvalue weighted by molar-refractivity contribution is 5.79. The topological polar surface area (TPSA) is 38.5 Å². The van der Waals surface area contributed by atoms with Gasteiger partial charge in [-0.05, 0) is 56.3 Å². The van der Waals surface area contributed by atoms with Crippen LogP contribution in [-0.2, 0) is 6.42 Å². The second kappa shape index (κ2) is 6.60. The van der Waals surface area contributed by atoms with E-state index < -0.39 is 0 Å². The monoisotopic (exact) mass is 370 g/mol. The van der Waals surface area contributed by atoms with Crippen molar-refractivity contribution in [2.75, 3.05) is 19.6 Å². The average Bonchev–Trinajstić information content (AvgIpc) is 3.25. The largest absolute Gasteiger partial charge is 0.488 e. The van der Waals surface area contributed by atoms with Crippen molar-refractivity contribution in [1.29, 1.82) is 0 Å². The first kappa shape index (κ1) is 16.7. The molecular formula is C21H20F2N2O2. The first-order valence-electron chi connectivity index (χ1n) is 9.38. The maximum Gasteiger partial charge on any atom is 0.170 e. The summed E-state index contributed by atoms with van der Waals surface area (Å²) < 4.78 is 38.0. The Bertz CT molecular complexity index is 979. The van der Waals surface area contributed by atoms with Gasteiger partial charge in [-0.15, -0.1) is 0 Å². The van der Waals surface area contributed by atoms with E-state index in [0.29, 0.717) is 11.5 Å². The summed E-state index contributed by atoms with van der Waals surface area (Å²) >= 11 is 0. The van der Waals surface area contributed by atoms with Crippen LogP contribution in [0.3, 0.4) is 0 Å². The Hall–Kier alpha value is -2.47. The Kier molecular flexibility index (Phi) is 4.08.